The van der Waals surface area contributed by atoms with Crippen molar-refractivity contribution >= 4 is 0 Å². The predicted octanol–water partition coefficient (Wildman–Crippen LogP) is 1.31. The summed E-state index contributed by atoms with van der Waals surface area (Å²) in [5.41, 5.74) is 5.59. The van der Waals surface area contributed by atoms with Crippen LogP contribution in [0.25, 0.3) is 0 Å². The molecular formula is C10H22N2. The lowest BCUT2D eigenvalue weighted by molar-refractivity contribution is 0.373. The summed E-state index contributed by atoms with van der Waals surface area (Å²) in [6.45, 7) is 5.69. The van der Waals surface area contributed by atoms with Crippen molar-refractivity contribution in [2.45, 2.75) is 26.2 Å². The fourth-order valence-electron chi connectivity index (χ4n) is 2.41. The molecule has 0 radical (unpaired) electrons. The van der Waals surface area contributed by atoms with Crippen molar-refractivity contribution in [3.05, 3.63) is 0 Å². The third-order valence-electron chi connectivity index (χ3n) is 2.96. The van der Waals surface area contributed by atoms with Crippen LogP contribution in [0.3, 0.4) is 0 Å². The van der Waals surface area contributed by atoms with Crippen LogP contribution in [0.5, 0.6) is 0 Å². The Bertz CT molecular complexity index is 111. The summed E-state index contributed by atoms with van der Waals surface area (Å²) >= 11 is 0. The van der Waals surface area contributed by atoms with Crippen molar-refractivity contribution in [3.8, 4) is 0 Å². The standard InChI is InChI=1S/C10H22N2/c1-3-4-9-7-12(2)8-10(9)5-6-11/h9-10H,3-8,11H2,1-2H3. The maximum absolute atomic E-state index is 5.59. The molecule has 0 aromatic heterocycles. The molecule has 0 aromatic carbocycles. The van der Waals surface area contributed by atoms with Gasteiger partial charge in [0.25, 0.3) is 0 Å². The summed E-state index contributed by atoms with van der Waals surface area (Å²) in [6.07, 6.45) is 3.92. The van der Waals surface area contributed by atoms with Crippen LogP contribution < -0.4 is 5.73 Å². The van der Waals surface area contributed by atoms with E-state index in [1.165, 1.54) is 32.4 Å². The van der Waals surface area contributed by atoms with Crippen LogP contribution in [0, 0.1) is 11.8 Å². The second kappa shape index (κ2) is 4.83. The third kappa shape index (κ3) is 2.46. The molecule has 2 nitrogen and oxygen atoms in total. The van der Waals surface area contributed by atoms with Gasteiger partial charge in [0.1, 0.15) is 0 Å². The van der Waals surface area contributed by atoms with Crippen LogP contribution >= 0.6 is 0 Å². The van der Waals surface area contributed by atoms with Crippen molar-refractivity contribution < 1.29 is 0 Å². The highest BCUT2D eigenvalue weighted by Crippen LogP contribution is 2.28. The Morgan fingerprint density at radius 2 is 1.83 bits per heavy atom. The second-order valence-corrected chi connectivity index (χ2v) is 4.11. The molecular weight excluding hydrogens is 148 g/mol. The molecule has 1 aliphatic heterocycles. The highest BCUT2D eigenvalue weighted by atomic mass is 15.1. The average molecular weight is 170 g/mol. The zero-order chi connectivity index (χ0) is 8.97. The molecule has 2 heteroatoms. The number of hydrogen-bond acceptors (Lipinski definition) is 2. The molecule has 1 aliphatic rings. The molecule has 1 heterocycles. The molecule has 0 aromatic rings. The van der Waals surface area contributed by atoms with Crippen molar-refractivity contribution in [1.29, 1.82) is 0 Å². The van der Waals surface area contributed by atoms with Gasteiger partial charge in [0.15, 0.2) is 0 Å². The van der Waals surface area contributed by atoms with Gasteiger partial charge in [-0.2, -0.15) is 0 Å². The van der Waals surface area contributed by atoms with E-state index in [2.05, 4.69) is 18.9 Å². The Labute approximate surface area is 76.1 Å². The minimum absolute atomic E-state index is 0.860. The molecule has 72 valence electrons. The van der Waals surface area contributed by atoms with Crippen LogP contribution in [0.1, 0.15) is 26.2 Å². The average Bonchev–Trinajstić information content (AvgIpc) is 2.33. The summed E-state index contributed by atoms with van der Waals surface area (Å²) in [4.78, 5) is 2.45. The molecule has 2 N–H and O–H groups in total. The zero-order valence-electron chi connectivity index (χ0n) is 8.42. The molecule has 2 atom stereocenters. The first-order chi connectivity index (χ1) is 5.77. The molecule has 12 heavy (non-hydrogen) atoms. The topological polar surface area (TPSA) is 29.3 Å². The summed E-state index contributed by atoms with van der Waals surface area (Å²) in [5.74, 6) is 1.79. The normalized spacial score (nSPS) is 31.2. The fourth-order valence-corrected chi connectivity index (χ4v) is 2.41. The Hall–Kier alpha value is -0.0800. The minimum atomic E-state index is 0.860. The van der Waals surface area contributed by atoms with E-state index in [1.807, 2.05) is 0 Å². The maximum Gasteiger partial charge on any atom is 0.00103 e. The van der Waals surface area contributed by atoms with Gasteiger partial charge in [0.05, 0.1) is 0 Å². The molecule has 1 saturated heterocycles. The SMILES string of the molecule is CCCC1CN(C)CC1CCN. The molecule has 0 saturated carbocycles. The highest BCUT2D eigenvalue weighted by Gasteiger charge is 2.28. The number of likely N-dealkylation sites (tertiary alicyclic amines) is 1. The molecule has 1 fully saturated rings. The van der Waals surface area contributed by atoms with Crippen molar-refractivity contribution in [2.24, 2.45) is 17.6 Å². The lowest BCUT2D eigenvalue weighted by atomic mass is 9.89. The van der Waals surface area contributed by atoms with Gasteiger partial charge in [-0.25, -0.2) is 0 Å². The number of nitrogens with two attached hydrogens (primary N) is 1. The lowest BCUT2D eigenvalue weighted by Crippen LogP contribution is -2.16. The lowest BCUT2D eigenvalue weighted by Gasteiger charge is -2.16. The van der Waals surface area contributed by atoms with Crippen LogP contribution in [0.2, 0.25) is 0 Å². The van der Waals surface area contributed by atoms with Gasteiger partial charge in [0.2, 0.25) is 0 Å². The van der Waals surface area contributed by atoms with Gasteiger partial charge >= 0.3 is 0 Å². The van der Waals surface area contributed by atoms with E-state index >= 15 is 0 Å². The molecule has 0 amide bonds. The summed E-state index contributed by atoms with van der Waals surface area (Å²) in [7, 11) is 2.22. The van der Waals surface area contributed by atoms with Crippen LogP contribution in [-0.2, 0) is 0 Å². The predicted molar refractivity (Wildman–Crippen MR) is 53.1 cm³/mol. The smallest absolute Gasteiger partial charge is 0.00103 e. The maximum atomic E-state index is 5.59. The Morgan fingerprint density at radius 3 is 2.33 bits per heavy atom. The van der Waals surface area contributed by atoms with E-state index in [9.17, 15) is 0 Å². The van der Waals surface area contributed by atoms with E-state index < -0.39 is 0 Å². The number of rotatable bonds is 4. The van der Waals surface area contributed by atoms with Gasteiger partial charge in [-0.15, -0.1) is 0 Å². The van der Waals surface area contributed by atoms with E-state index in [1.54, 1.807) is 0 Å². The third-order valence-corrected chi connectivity index (χ3v) is 2.96. The van der Waals surface area contributed by atoms with E-state index in [0.717, 1.165) is 18.4 Å². The Morgan fingerprint density at radius 1 is 1.25 bits per heavy atom. The van der Waals surface area contributed by atoms with Gasteiger partial charge in [-0.3, -0.25) is 0 Å². The van der Waals surface area contributed by atoms with Crippen molar-refractivity contribution in [2.75, 3.05) is 26.7 Å². The number of nitrogens with zero attached hydrogens (tertiary/aromatic N) is 1. The fraction of sp³-hybridized carbons (Fsp3) is 1.00. The van der Waals surface area contributed by atoms with Crippen molar-refractivity contribution in [1.82, 2.24) is 4.90 Å². The Kier molecular flexibility index (Phi) is 4.02. The van der Waals surface area contributed by atoms with Gasteiger partial charge in [-0.1, -0.05) is 13.3 Å². The molecule has 0 spiro atoms. The van der Waals surface area contributed by atoms with Crippen LogP contribution in [-0.4, -0.2) is 31.6 Å². The van der Waals surface area contributed by atoms with Gasteiger partial charge < -0.3 is 10.6 Å². The minimum Gasteiger partial charge on any atom is -0.330 e. The van der Waals surface area contributed by atoms with Crippen molar-refractivity contribution in [3.63, 3.8) is 0 Å². The molecule has 1 rings (SSSR count). The van der Waals surface area contributed by atoms with Gasteiger partial charge in [0, 0.05) is 13.1 Å². The number of hydrogen-bond donors (Lipinski definition) is 1. The van der Waals surface area contributed by atoms with Gasteiger partial charge in [-0.05, 0) is 38.3 Å². The summed E-state index contributed by atoms with van der Waals surface area (Å²) in [6, 6.07) is 0. The first kappa shape index (κ1) is 10.0. The highest BCUT2D eigenvalue weighted by molar-refractivity contribution is 4.81. The zero-order valence-corrected chi connectivity index (χ0v) is 8.42. The summed E-state index contributed by atoms with van der Waals surface area (Å²) < 4.78 is 0. The molecule has 0 bridgehead atoms. The van der Waals surface area contributed by atoms with E-state index in [0.29, 0.717) is 0 Å². The van der Waals surface area contributed by atoms with E-state index in [-0.39, 0.29) is 0 Å². The first-order valence-corrected chi connectivity index (χ1v) is 5.16. The monoisotopic (exact) mass is 170 g/mol. The largest absolute Gasteiger partial charge is 0.330 e. The van der Waals surface area contributed by atoms with Crippen LogP contribution in [0.4, 0.5) is 0 Å². The Balaban J connectivity index is 2.36. The van der Waals surface area contributed by atoms with E-state index in [4.69, 9.17) is 5.73 Å². The second-order valence-electron chi connectivity index (χ2n) is 4.11. The first-order valence-electron chi connectivity index (χ1n) is 5.16. The quantitative estimate of drug-likeness (QED) is 0.689. The molecule has 0 aliphatic carbocycles. The molecule has 2 unspecified atom stereocenters. The summed E-state index contributed by atoms with van der Waals surface area (Å²) in [5, 5.41) is 0. The van der Waals surface area contributed by atoms with Crippen LogP contribution in [0.15, 0.2) is 0 Å².